The molecule has 2 saturated heterocycles. The van der Waals surface area contributed by atoms with Gasteiger partial charge in [-0.05, 0) is 77.0 Å². The van der Waals surface area contributed by atoms with E-state index in [-0.39, 0.29) is 0 Å². The van der Waals surface area contributed by atoms with E-state index in [0.29, 0.717) is 25.7 Å². The summed E-state index contributed by atoms with van der Waals surface area (Å²) in [5.41, 5.74) is 0. The molecule has 15 heteroatoms. The normalized spacial score (nSPS) is 23.5. The Labute approximate surface area is 555 Å². The molecule has 0 aliphatic carbocycles. The van der Waals surface area contributed by atoms with Crippen LogP contribution in [-0.2, 0) is 33.3 Å². The zero-order chi connectivity index (χ0) is 66.4. The number of allylic oxidation sites excluding steroid dienone is 4. The number of carbonyl (C=O) groups is 2. The van der Waals surface area contributed by atoms with Gasteiger partial charge in [0, 0.05) is 0 Å². The Hall–Kier alpha value is -2.02. The first-order valence-corrected chi connectivity index (χ1v) is 38.4. The minimum atomic E-state index is -1.90. The molecule has 8 N–H and O–H groups in total. The van der Waals surface area contributed by atoms with Crippen LogP contribution in [-0.4, -0.2) is 140 Å². The molecule has 0 aromatic rings. The molecule has 0 spiro atoms. The van der Waals surface area contributed by atoms with Crippen LogP contribution in [0.1, 0.15) is 349 Å². The van der Waals surface area contributed by atoms with Crippen molar-refractivity contribution in [2.45, 2.75) is 422 Å². The average Bonchev–Trinajstić information content (AvgIpc) is 1.06. The van der Waals surface area contributed by atoms with E-state index < -0.39 is 111 Å². The van der Waals surface area contributed by atoms with Crippen molar-refractivity contribution in [2.75, 3.05) is 13.2 Å². The molecule has 2 rings (SSSR count). The van der Waals surface area contributed by atoms with Crippen molar-refractivity contribution in [2.24, 2.45) is 11.8 Å². The van der Waals surface area contributed by atoms with Gasteiger partial charge in [0.25, 0.3) is 0 Å². The largest absolute Gasteiger partial charge is 0.463 e. The zero-order valence-electron chi connectivity index (χ0n) is 58.6. The highest BCUT2D eigenvalue weighted by Crippen LogP contribution is 2.31. The Morgan fingerprint density at radius 2 is 0.549 bits per heavy atom. The smallest absolute Gasteiger partial charge is 0.311 e. The number of rotatable bonds is 62. The third-order valence-electron chi connectivity index (χ3n) is 19.2. The van der Waals surface area contributed by atoms with Gasteiger partial charge in [0.2, 0.25) is 0 Å². The van der Waals surface area contributed by atoms with E-state index >= 15 is 0 Å². The maximum absolute atomic E-state index is 13.9. The highest BCUT2D eigenvalue weighted by molar-refractivity contribution is 5.73. The van der Waals surface area contributed by atoms with Gasteiger partial charge in [0.1, 0.15) is 62.0 Å². The van der Waals surface area contributed by atoms with Crippen molar-refractivity contribution in [3.8, 4) is 0 Å². The number of hydrogen-bond acceptors (Lipinski definition) is 15. The van der Waals surface area contributed by atoms with Crippen LogP contribution in [0.4, 0.5) is 0 Å². The monoisotopic (exact) mass is 1300 g/mol. The van der Waals surface area contributed by atoms with Gasteiger partial charge in [-0.2, -0.15) is 0 Å². The Morgan fingerprint density at radius 1 is 0.319 bits per heavy atom. The Bertz CT molecular complexity index is 1600. The Morgan fingerprint density at radius 3 is 0.824 bits per heavy atom. The minimum absolute atomic E-state index is 0.420. The Kier molecular flexibility index (Phi) is 54.4. The van der Waals surface area contributed by atoms with Crippen LogP contribution in [0.5, 0.6) is 0 Å². The summed E-state index contributed by atoms with van der Waals surface area (Å²) in [6.45, 7) is 7.80. The van der Waals surface area contributed by atoms with Gasteiger partial charge in [-0.3, -0.25) is 9.59 Å². The first kappa shape index (κ1) is 85.1. The molecule has 2 aliphatic rings. The molecule has 14 atom stereocenters. The number of unbranched alkanes of at least 4 members (excludes halogenated alkanes) is 40. The van der Waals surface area contributed by atoms with E-state index in [9.17, 15) is 50.4 Å². The van der Waals surface area contributed by atoms with Crippen LogP contribution in [0.25, 0.3) is 0 Å². The lowest BCUT2D eigenvalue weighted by atomic mass is 9.91. The molecule has 0 bridgehead atoms. The van der Waals surface area contributed by atoms with E-state index in [4.69, 9.17) is 23.7 Å². The third-order valence-corrected chi connectivity index (χ3v) is 19.2. The predicted octanol–water partition coefficient (Wildman–Crippen LogP) is 16.4. The molecule has 91 heavy (non-hydrogen) atoms. The number of aliphatic hydroxyl groups is 8. The fraction of sp³-hybridized carbons (Fsp3) is 0.921. The molecule has 536 valence electrons. The summed E-state index contributed by atoms with van der Waals surface area (Å²) in [5, 5.41) is 89.7. The molecule has 2 fully saturated rings. The summed E-state index contributed by atoms with van der Waals surface area (Å²) in [6.07, 6.45) is 43.9. The number of esters is 2. The molecule has 0 radical (unpaired) electrons. The van der Waals surface area contributed by atoms with Crippen molar-refractivity contribution in [1.82, 2.24) is 0 Å². The van der Waals surface area contributed by atoms with E-state index in [1.165, 1.54) is 154 Å². The summed E-state index contributed by atoms with van der Waals surface area (Å²) < 4.78 is 29.2. The van der Waals surface area contributed by atoms with Crippen molar-refractivity contribution < 1.29 is 74.1 Å². The number of carbonyl (C=O) groups excluding carboxylic acids is 2. The summed E-state index contributed by atoms with van der Waals surface area (Å²) in [5.74, 6) is -2.97. The second kappa shape index (κ2) is 58.2. The number of ether oxygens (including phenoxy) is 5. The molecule has 0 amide bonds. The average molecular weight is 1300 g/mol. The lowest BCUT2D eigenvalue weighted by molar-refractivity contribution is -0.376. The quantitative estimate of drug-likeness (QED) is 0.0160. The van der Waals surface area contributed by atoms with E-state index in [2.05, 4.69) is 52.0 Å². The fourth-order valence-corrected chi connectivity index (χ4v) is 12.9. The second-order valence-electron chi connectivity index (χ2n) is 27.5. The van der Waals surface area contributed by atoms with Crippen LogP contribution in [0.3, 0.4) is 0 Å². The highest BCUT2D eigenvalue weighted by Gasteiger charge is 2.50. The van der Waals surface area contributed by atoms with Crippen LogP contribution in [0.15, 0.2) is 24.3 Å². The summed E-state index contributed by atoms with van der Waals surface area (Å²) in [4.78, 5) is 27.9. The van der Waals surface area contributed by atoms with Crippen LogP contribution < -0.4 is 0 Å². The molecule has 0 saturated carbocycles. The maximum atomic E-state index is 13.9. The molecule has 0 aromatic heterocycles. The van der Waals surface area contributed by atoms with Crippen molar-refractivity contribution in [1.29, 1.82) is 0 Å². The van der Waals surface area contributed by atoms with Gasteiger partial charge < -0.3 is 64.5 Å². The van der Waals surface area contributed by atoms with Gasteiger partial charge in [-0.25, -0.2) is 0 Å². The molecular formula is C76H142O15. The third kappa shape index (κ3) is 41.0. The van der Waals surface area contributed by atoms with Crippen LogP contribution >= 0.6 is 0 Å². The van der Waals surface area contributed by atoms with Gasteiger partial charge >= 0.3 is 11.9 Å². The van der Waals surface area contributed by atoms with E-state index in [1.807, 2.05) is 0 Å². The lowest BCUT2D eigenvalue weighted by Gasteiger charge is -2.44. The molecule has 14 unspecified atom stereocenters. The molecule has 15 nitrogen and oxygen atoms in total. The van der Waals surface area contributed by atoms with Crippen molar-refractivity contribution in [3.05, 3.63) is 24.3 Å². The van der Waals surface area contributed by atoms with Gasteiger partial charge in [0.05, 0.1) is 24.0 Å². The predicted molar refractivity (Wildman–Crippen MR) is 367 cm³/mol. The van der Waals surface area contributed by atoms with Crippen LogP contribution in [0.2, 0.25) is 0 Å². The SMILES string of the molecule is CCCCCCC=CCCCCCCCC(O)C(CCCCCCCCCCCCCC)C(=O)OCC1OC(OC2OC(COC(=O)C(CCCCCCCCCCCCCC)C(O)CCCCCCCC=CCCCCCC)C(O)C(O)C2O)C(O)C(O)C1O. The lowest BCUT2D eigenvalue weighted by Crippen LogP contribution is -2.64. The van der Waals surface area contributed by atoms with Gasteiger partial charge in [-0.15, -0.1) is 0 Å². The summed E-state index contributed by atoms with van der Waals surface area (Å²) >= 11 is 0. The standard InChI is InChI=1S/C76H142O15/c1-5-9-13-17-21-25-29-33-37-41-45-49-53-57-63(77)61(55-51-47-43-39-35-31-27-23-19-15-11-7-3)73(85)87-59-65-67(79)69(81)71(83)75(89-65)91-76-72(84)70(82)68(80)66(90-76)60-88-74(86)62(56-52-48-44-40-36-32-28-24-20-16-12-8-4)64(78)58-54-50-46-42-38-34-30-26-22-18-14-10-6-2/h25-26,29-30,61-72,75-84H,5-24,27-28,31-60H2,1-4H3. The number of aliphatic hydroxyl groups excluding tert-OH is 8. The zero-order valence-corrected chi connectivity index (χ0v) is 58.6. The van der Waals surface area contributed by atoms with E-state index in [0.717, 1.165) is 141 Å². The maximum Gasteiger partial charge on any atom is 0.311 e. The topological polar surface area (TPSA) is 242 Å². The summed E-state index contributed by atoms with van der Waals surface area (Å²) in [6, 6.07) is 0. The van der Waals surface area contributed by atoms with E-state index in [1.54, 1.807) is 0 Å². The fourth-order valence-electron chi connectivity index (χ4n) is 12.9. The number of hydrogen-bond donors (Lipinski definition) is 8. The van der Waals surface area contributed by atoms with Crippen molar-refractivity contribution in [3.63, 3.8) is 0 Å². The first-order chi connectivity index (χ1) is 44.3. The summed E-state index contributed by atoms with van der Waals surface area (Å²) in [7, 11) is 0. The van der Waals surface area contributed by atoms with Gasteiger partial charge in [-0.1, -0.05) is 296 Å². The molecule has 2 aliphatic heterocycles. The van der Waals surface area contributed by atoms with Crippen LogP contribution in [0, 0.1) is 11.8 Å². The highest BCUT2D eigenvalue weighted by atomic mass is 16.8. The molecule has 2 heterocycles. The minimum Gasteiger partial charge on any atom is -0.463 e. The Balaban J connectivity index is 2.05. The molecular weight excluding hydrogens is 1150 g/mol. The second-order valence-corrected chi connectivity index (χ2v) is 27.5. The van der Waals surface area contributed by atoms with Gasteiger partial charge in [0.15, 0.2) is 12.6 Å². The first-order valence-electron chi connectivity index (χ1n) is 38.4. The van der Waals surface area contributed by atoms with Crippen molar-refractivity contribution >= 4 is 11.9 Å². The molecule has 0 aromatic carbocycles.